The standard InChI is InChI=1S/C35H36FN5O6/c1-21(2)33(43)40-31-29-32(38-19-37-31)41(20-39-29)34-30(42)28(36)27(47-34)18-46-35(22-8-6-5-7-9-22,23-10-14-25(44-3)15-11-23)24-12-16-26(45-4)17-13-24/h5-17,19-21,27-28,30,34,42H,18H2,1-4H3,(H,37,38,40,43)/t27-,28-,30-,34-/m1/s1. The Balaban J connectivity index is 1.35. The van der Waals surface area contributed by atoms with Crippen LogP contribution in [0.4, 0.5) is 10.2 Å². The second-order valence-electron chi connectivity index (χ2n) is 11.5. The number of imidazole rings is 1. The molecular weight excluding hydrogens is 605 g/mol. The Morgan fingerprint density at radius 1 is 0.936 bits per heavy atom. The molecule has 3 heterocycles. The minimum Gasteiger partial charge on any atom is -0.497 e. The van der Waals surface area contributed by atoms with E-state index in [1.165, 1.54) is 17.2 Å². The second-order valence-corrected chi connectivity index (χ2v) is 11.5. The summed E-state index contributed by atoms with van der Waals surface area (Å²) in [7, 11) is 3.19. The minimum absolute atomic E-state index is 0.211. The van der Waals surface area contributed by atoms with Crippen molar-refractivity contribution in [2.75, 3.05) is 26.1 Å². The Hall–Kier alpha value is -4.91. The quantitative estimate of drug-likeness (QED) is 0.191. The van der Waals surface area contributed by atoms with Gasteiger partial charge in [0.1, 0.15) is 35.6 Å². The van der Waals surface area contributed by atoms with Crippen LogP contribution in [0.5, 0.6) is 11.5 Å². The Labute approximate surface area is 271 Å². The van der Waals surface area contributed by atoms with Gasteiger partial charge in [0.15, 0.2) is 29.4 Å². The van der Waals surface area contributed by atoms with E-state index in [1.54, 1.807) is 28.1 Å². The van der Waals surface area contributed by atoms with Crippen LogP contribution in [-0.2, 0) is 19.9 Å². The SMILES string of the molecule is COc1ccc(C(OC[C@H]2O[C@@H](n3cnc4c(NC(=O)C(C)C)ncnc43)[C@H](O)[C@@H]2F)(c2ccccc2)c2ccc(OC)cc2)cc1. The summed E-state index contributed by atoms with van der Waals surface area (Å²) < 4.78 is 41.2. The zero-order chi connectivity index (χ0) is 33.1. The van der Waals surface area contributed by atoms with Crippen LogP contribution in [0.25, 0.3) is 11.2 Å². The highest BCUT2D eigenvalue weighted by atomic mass is 19.1. The molecule has 11 nitrogen and oxygen atoms in total. The largest absolute Gasteiger partial charge is 0.497 e. The van der Waals surface area contributed by atoms with E-state index in [0.29, 0.717) is 11.5 Å². The smallest absolute Gasteiger partial charge is 0.228 e. The van der Waals surface area contributed by atoms with Crippen molar-refractivity contribution in [2.24, 2.45) is 5.92 Å². The average molecular weight is 642 g/mol. The van der Waals surface area contributed by atoms with E-state index in [2.05, 4.69) is 20.3 Å². The van der Waals surface area contributed by atoms with Gasteiger partial charge in [0.25, 0.3) is 0 Å². The fourth-order valence-corrected chi connectivity index (χ4v) is 5.75. The molecule has 0 radical (unpaired) electrons. The molecule has 12 heteroatoms. The Kier molecular flexibility index (Phi) is 9.17. The van der Waals surface area contributed by atoms with Gasteiger partial charge in [-0.15, -0.1) is 0 Å². The normalized spacial score (nSPS) is 19.6. The number of halogens is 1. The van der Waals surface area contributed by atoms with Gasteiger partial charge in [0.05, 0.1) is 27.2 Å². The number of carbonyl (C=O) groups is 1. The molecule has 3 aromatic carbocycles. The average Bonchev–Trinajstić information content (AvgIpc) is 3.66. The summed E-state index contributed by atoms with van der Waals surface area (Å²) in [4.78, 5) is 25.1. The van der Waals surface area contributed by atoms with Gasteiger partial charge in [-0.05, 0) is 41.0 Å². The van der Waals surface area contributed by atoms with Crippen LogP contribution in [0, 0.1) is 5.92 Å². The molecule has 0 spiro atoms. The first kappa shape index (κ1) is 32.0. The zero-order valence-corrected chi connectivity index (χ0v) is 26.4. The first-order valence-corrected chi connectivity index (χ1v) is 15.2. The summed E-state index contributed by atoms with van der Waals surface area (Å²) in [5.41, 5.74) is 1.70. The number of methoxy groups -OCH3 is 2. The van der Waals surface area contributed by atoms with Crippen molar-refractivity contribution in [3.8, 4) is 11.5 Å². The number of hydrogen-bond donors (Lipinski definition) is 2. The fraction of sp³-hybridized carbons (Fsp3) is 0.314. The van der Waals surface area contributed by atoms with Gasteiger partial charge in [-0.2, -0.15) is 0 Å². The van der Waals surface area contributed by atoms with Crippen molar-refractivity contribution in [3.05, 3.63) is 108 Å². The predicted molar refractivity (Wildman–Crippen MR) is 172 cm³/mol. The molecule has 4 atom stereocenters. The third kappa shape index (κ3) is 6.02. The molecule has 1 fully saturated rings. The van der Waals surface area contributed by atoms with E-state index in [-0.39, 0.29) is 35.4 Å². The number of benzene rings is 3. The number of aromatic nitrogens is 4. The van der Waals surface area contributed by atoms with Gasteiger partial charge in [-0.1, -0.05) is 68.4 Å². The monoisotopic (exact) mass is 641 g/mol. The van der Waals surface area contributed by atoms with E-state index in [0.717, 1.165) is 16.7 Å². The fourth-order valence-electron chi connectivity index (χ4n) is 5.75. The molecular formula is C35H36FN5O6. The molecule has 1 aliphatic rings. The Bertz CT molecular complexity index is 1770. The van der Waals surface area contributed by atoms with Crippen molar-refractivity contribution < 1.29 is 33.2 Å². The summed E-state index contributed by atoms with van der Waals surface area (Å²) in [6, 6.07) is 24.6. The van der Waals surface area contributed by atoms with Crippen LogP contribution in [0.15, 0.2) is 91.5 Å². The Morgan fingerprint density at radius 3 is 2.11 bits per heavy atom. The molecule has 244 valence electrons. The number of fused-ring (bicyclic) bond motifs is 1. The van der Waals surface area contributed by atoms with Crippen molar-refractivity contribution in [2.45, 2.75) is 44.1 Å². The maximum atomic E-state index is 15.9. The molecule has 1 amide bonds. The maximum Gasteiger partial charge on any atom is 0.228 e. The first-order chi connectivity index (χ1) is 22.8. The number of nitrogens with zero attached hydrogens (tertiary/aromatic N) is 4. The van der Waals surface area contributed by atoms with E-state index in [9.17, 15) is 9.90 Å². The van der Waals surface area contributed by atoms with E-state index in [4.69, 9.17) is 18.9 Å². The molecule has 2 aromatic heterocycles. The lowest BCUT2D eigenvalue weighted by Crippen LogP contribution is -2.38. The van der Waals surface area contributed by atoms with Gasteiger partial charge in [-0.3, -0.25) is 9.36 Å². The summed E-state index contributed by atoms with van der Waals surface area (Å²) in [5.74, 6) is 1.02. The van der Waals surface area contributed by atoms with Crippen molar-refractivity contribution in [3.63, 3.8) is 0 Å². The molecule has 2 N–H and O–H groups in total. The van der Waals surface area contributed by atoms with Gasteiger partial charge >= 0.3 is 0 Å². The van der Waals surface area contributed by atoms with E-state index < -0.39 is 30.2 Å². The molecule has 1 aliphatic heterocycles. The van der Waals surface area contributed by atoms with Gasteiger partial charge in [0, 0.05) is 5.92 Å². The molecule has 5 aromatic rings. The van der Waals surface area contributed by atoms with Crippen molar-refractivity contribution in [1.29, 1.82) is 0 Å². The van der Waals surface area contributed by atoms with Crippen LogP contribution in [-0.4, -0.2) is 69.7 Å². The van der Waals surface area contributed by atoms with E-state index in [1.807, 2.05) is 78.9 Å². The highest BCUT2D eigenvalue weighted by molar-refractivity contribution is 5.97. The number of rotatable bonds is 11. The Morgan fingerprint density at radius 2 is 1.53 bits per heavy atom. The number of nitrogens with one attached hydrogen (secondary N) is 1. The summed E-state index contributed by atoms with van der Waals surface area (Å²) in [5, 5.41) is 13.8. The van der Waals surface area contributed by atoms with Crippen molar-refractivity contribution in [1.82, 2.24) is 19.5 Å². The number of hydrogen-bond acceptors (Lipinski definition) is 9. The topological polar surface area (TPSA) is 130 Å². The number of amides is 1. The lowest BCUT2D eigenvalue weighted by molar-refractivity contribution is -0.118. The third-order valence-corrected chi connectivity index (χ3v) is 8.32. The number of alkyl halides is 1. The number of anilines is 1. The number of aliphatic hydroxyl groups excluding tert-OH is 1. The molecule has 1 saturated heterocycles. The van der Waals surface area contributed by atoms with Crippen LogP contribution < -0.4 is 14.8 Å². The lowest BCUT2D eigenvalue weighted by atomic mass is 9.80. The molecule has 0 unspecified atom stereocenters. The minimum atomic E-state index is -1.81. The zero-order valence-electron chi connectivity index (χ0n) is 26.4. The molecule has 0 bridgehead atoms. The lowest BCUT2D eigenvalue weighted by Gasteiger charge is -2.37. The number of aliphatic hydroxyl groups is 1. The van der Waals surface area contributed by atoms with Crippen LogP contribution in [0.3, 0.4) is 0 Å². The molecule has 0 aliphatic carbocycles. The summed E-state index contributed by atoms with van der Waals surface area (Å²) in [6.07, 6.45) is -3.04. The maximum absolute atomic E-state index is 15.9. The van der Waals surface area contributed by atoms with Crippen LogP contribution >= 0.6 is 0 Å². The van der Waals surface area contributed by atoms with E-state index >= 15 is 4.39 Å². The molecule has 0 saturated carbocycles. The summed E-state index contributed by atoms with van der Waals surface area (Å²) >= 11 is 0. The van der Waals surface area contributed by atoms with Crippen molar-refractivity contribution >= 4 is 22.9 Å². The predicted octanol–water partition coefficient (Wildman–Crippen LogP) is 5.04. The molecule has 6 rings (SSSR count). The van der Waals surface area contributed by atoms with Crippen LogP contribution in [0.1, 0.15) is 36.8 Å². The number of carbonyl (C=O) groups excluding carboxylic acids is 1. The van der Waals surface area contributed by atoms with Gasteiger partial charge in [0.2, 0.25) is 5.91 Å². The van der Waals surface area contributed by atoms with Crippen LogP contribution in [0.2, 0.25) is 0 Å². The van der Waals surface area contributed by atoms with Gasteiger partial charge in [-0.25, -0.2) is 19.3 Å². The highest BCUT2D eigenvalue weighted by Gasteiger charge is 2.48. The highest BCUT2D eigenvalue weighted by Crippen LogP contribution is 2.43. The third-order valence-electron chi connectivity index (χ3n) is 8.32. The number of ether oxygens (including phenoxy) is 4. The van der Waals surface area contributed by atoms with Gasteiger partial charge < -0.3 is 29.4 Å². The first-order valence-electron chi connectivity index (χ1n) is 15.2. The summed E-state index contributed by atoms with van der Waals surface area (Å²) in [6.45, 7) is 3.29. The second kappa shape index (κ2) is 13.4. The molecule has 47 heavy (non-hydrogen) atoms.